The van der Waals surface area contributed by atoms with Crippen LogP contribution in [0.3, 0.4) is 0 Å². The number of unbranched alkanes of at least 4 members (excludes halogenated alkanes) is 1. The molecule has 1 atom stereocenters. The monoisotopic (exact) mass is 197 g/mol. The van der Waals surface area contributed by atoms with Gasteiger partial charge in [0.2, 0.25) is 0 Å². The van der Waals surface area contributed by atoms with Crippen molar-refractivity contribution in [3.63, 3.8) is 0 Å². The zero-order valence-electron chi connectivity index (χ0n) is 9.97. The average Bonchev–Trinajstić information content (AvgIpc) is 2.17. The van der Waals surface area contributed by atoms with Gasteiger partial charge in [-0.05, 0) is 46.5 Å². The molecule has 0 spiro atoms. The van der Waals surface area contributed by atoms with Crippen LogP contribution in [-0.4, -0.2) is 12.7 Å². The topological polar surface area (TPSA) is 33.0 Å². The number of nitriles is 1. The van der Waals surface area contributed by atoms with Crippen LogP contribution in [0.4, 0.5) is 0 Å². The summed E-state index contributed by atoms with van der Waals surface area (Å²) < 4.78 is 5.56. The van der Waals surface area contributed by atoms with Crippen LogP contribution in [0, 0.1) is 16.7 Å². The van der Waals surface area contributed by atoms with Gasteiger partial charge in [-0.2, -0.15) is 5.26 Å². The molecule has 0 rings (SSSR count). The Labute approximate surface area is 88.3 Å². The molecule has 0 saturated heterocycles. The maximum atomic E-state index is 8.80. The van der Waals surface area contributed by atoms with Crippen molar-refractivity contribution in [3.8, 4) is 6.07 Å². The van der Waals surface area contributed by atoms with E-state index in [9.17, 15) is 0 Å². The molecule has 0 aromatic heterocycles. The van der Waals surface area contributed by atoms with E-state index in [0.717, 1.165) is 32.3 Å². The summed E-state index contributed by atoms with van der Waals surface area (Å²) in [7, 11) is 0. The molecule has 0 aromatic rings. The van der Waals surface area contributed by atoms with Gasteiger partial charge in [-0.3, -0.25) is 0 Å². The van der Waals surface area contributed by atoms with E-state index in [4.69, 9.17) is 10.00 Å². The van der Waals surface area contributed by atoms with Crippen molar-refractivity contribution in [3.05, 3.63) is 0 Å². The fourth-order valence-corrected chi connectivity index (χ4v) is 1.13. The zero-order valence-corrected chi connectivity index (χ0v) is 9.97. The van der Waals surface area contributed by atoms with Gasteiger partial charge in [0, 0.05) is 6.61 Å². The van der Waals surface area contributed by atoms with Crippen LogP contribution >= 0.6 is 0 Å². The molecule has 0 heterocycles. The fourth-order valence-electron chi connectivity index (χ4n) is 1.13. The van der Waals surface area contributed by atoms with E-state index < -0.39 is 0 Å². The van der Waals surface area contributed by atoms with Gasteiger partial charge < -0.3 is 4.74 Å². The van der Waals surface area contributed by atoms with Crippen LogP contribution < -0.4 is 0 Å². The van der Waals surface area contributed by atoms with Gasteiger partial charge in [0.1, 0.15) is 0 Å². The lowest BCUT2D eigenvalue weighted by Gasteiger charge is -2.15. The molecule has 2 heteroatoms. The van der Waals surface area contributed by atoms with Gasteiger partial charge in [0.15, 0.2) is 0 Å². The van der Waals surface area contributed by atoms with Crippen molar-refractivity contribution in [2.24, 2.45) is 5.41 Å². The van der Waals surface area contributed by atoms with E-state index in [1.54, 1.807) is 0 Å². The second-order valence-corrected chi connectivity index (χ2v) is 4.54. The molecule has 82 valence electrons. The third-order valence-corrected chi connectivity index (χ3v) is 2.48. The molecule has 0 saturated carbocycles. The smallest absolute Gasteiger partial charge is 0.0683 e. The van der Waals surface area contributed by atoms with Crippen molar-refractivity contribution in [1.82, 2.24) is 0 Å². The van der Waals surface area contributed by atoms with Gasteiger partial charge in [-0.1, -0.05) is 6.92 Å². The number of ether oxygens (including phenoxy) is 1. The second kappa shape index (κ2) is 6.84. The molecule has 1 unspecified atom stereocenters. The Bertz CT molecular complexity index is 181. The number of hydrogen-bond donors (Lipinski definition) is 0. The van der Waals surface area contributed by atoms with Crippen LogP contribution in [-0.2, 0) is 4.74 Å². The zero-order chi connectivity index (χ0) is 11.0. The van der Waals surface area contributed by atoms with Gasteiger partial charge in [0.25, 0.3) is 0 Å². The summed E-state index contributed by atoms with van der Waals surface area (Å²) in [4.78, 5) is 0. The van der Waals surface area contributed by atoms with Crippen LogP contribution in [0.2, 0.25) is 0 Å². The Balaban J connectivity index is 3.35. The van der Waals surface area contributed by atoms with Crippen molar-refractivity contribution in [2.75, 3.05) is 6.61 Å². The molecule has 0 bridgehead atoms. The summed E-state index contributed by atoms with van der Waals surface area (Å²) in [5, 5.41) is 8.80. The van der Waals surface area contributed by atoms with Crippen LogP contribution in [0.25, 0.3) is 0 Å². The minimum absolute atomic E-state index is 0.170. The Morgan fingerprint density at radius 1 is 1.36 bits per heavy atom. The first-order valence-electron chi connectivity index (χ1n) is 5.54. The molecule has 14 heavy (non-hydrogen) atoms. The van der Waals surface area contributed by atoms with Gasteiger partial charge >= 0.3 is 0 Å². The minimum atomic E-state index is -0.170. The van der Waals surface area contributed by atoms with Gasteiger partial charge in [0.05, 0.1) is 17.6 Å². The van der Waals surface area contributed by atoms with E-state index in [1.165, 1.54) is 0 Å². The number of nitrogens with zero attached hydrogens (tertiary/aromatic N) is 1. The summed E-state index contributed by atoms with van der Waals surface area (Å²) in [6.07, 6.45) is 4.56. The molecule has 0 amide bonds. The van der Waals surface area contributed by atoms with Crippen molar-refractivity contribution in [1.29, 1.82) is 5.26 Å². The molecular formula is C12H23NO. The molecule has 0 fully saturated rings. The molecule has 0 N–H and O–H groups in total. The lowest BCUT2D eigenvalue weighted by atomic mass is 9.89. The Morgan fingerprint density at radius 3 is 2.50 bits per heavy atom. The van der Waals surface area contributed by atoms with Crippen molar-refractivity contribution >= 4 is 0 Å². The molecule has 0 aliphatic heterocycles. The van der Waals surface area contributed by atoms with E-state index >= 15 is 0 Å². The SMILES string of the molecule is CCC(C)OCCCCC(C)(C)C#N. The molecule has 0 aliphatic carbocycles. The molecule has 2 nitrogen and oxygen atoms in total. The number of hydrogen-bond acceptors (Lipinski definition) is 2. The first-order chi connectivity index (χ1) is 6.52. The highest BCUT2D eigenvalue weighted by atomic mass is 16.5. The van der Waals surface area contributed by atoms with Gasteiger partial charge in [-0.15, -0.1) is 0 Å². The van der Waals surface area contributed by atoms with Crippen LogP contribution in [0.1, 0.15) is 53.4 Å². The lowest BCUT2D eigenvalue weighted by molar-refractivity contribution is 0.0600. The fraction of sp³-hybridized carbons (Fsp3) is 0.917. The first kappa shape index (κ1) is 13.4. The summed E-state index contributed by atoms with van der Waals surface area (Å²) in [5.41, 5.74) is -0.170. The summed E-state index contributed by atoms with van der Waals surface area (Å²) >= 11 is 0. The van der Waals surface area contributed by atoms with E-state index in [1.807, 2.05) is 13.8 Å². The maximum absolute atomic E-state index is 8.80. The van der Waals surface area contributed by atoms with Crippen LogP contribution in [0.5, 0.6) is 0 Å². The highest BCUT2D eigenvalue weighted by Crippen LogP contribution is 2.21. The maximum Gasteiger partial charge on any atom is 0.0683 e. The van der Waals surface area contributed by atoms with Crippen molar-refractivity contribution in [2.45, 2.75) is 59.5 Å². The third-order valence-electron chi connectivity index (χ3n) is 2.48. The summed E-state index contributed by atoms with van der Waals surface area (Å²) in [5.74, 6) is 0. The standard InChI is InChI=1S/C12H23NO/c1-5-11(2)14-9-7-6-8-12(3,4)10-13/h11H,5-9H2,1-4H3. The predicted molar refractivity (Wildman–Crippen MR) is 59.0 cm³/mol. The molecule has 0 aliphatic rings. The van der Waals surface area contributed by atoms with Crippen molar-refractivity contribution < 1.29 is 4.74 Å². The Kier molecular flexibility index (Phi) is 6.57. The van der Waals surface area contributed by atoms with E-state index in [0.29, 0.717) is 6.10 Å². The quantitative estimate of drug-likeness (QED) is 0.585. The normalized spacial score (nSPS) is 13.6. The van der Waals surface area contributed by atoms with E-state index in [-0.39, 0.29) is 5.41 Å². The lowest BCUT2D eigenvalue weighted by Crippen LogP contribution is -2.10. The summed E-state index contributed by atoms with van der Waals surface area (Å²) in [6.45, 7) is 9.03. The summed E-state index contributed by atoms with van der Waals surface area (Å²) in [6, 6.07) is 2.31. The van der Waals surface area contributed by atoms with Crippen LogP contribution in [0.15, 0.2) is 0 Å². The Morgan fingerprint density at radius 2 is 2.00 bits per heavy atom. The molecule has 0 aromatic carbocycles. The minimum Gasteiger partial charge on any atom is -0.379 e. The molecular weight excluding hydrogens is 174 g/mol. The highest BCUT2D eigenvalue weighted by molar-refractivity contribution is 4.91. The number of rotatable bonds is 7. The third kappa shape index (κ3) is 6.91. The average molecular weight is 197 g/mol. The second-order valence-electron chi connectivity index (χ2n) is 4.54. The first-order valence-corrected chi connectivity index (χ1v) is 5.54. The highest BCUT2D eigenvalue weighted by Gasteiger charge is 2.15. The van der Waals surface area contributed by atoms with Gasteiger partial charge in [-0.25, -0.2) is 0 Å². The van der Waals surface area contributed by atoms with E-state index in [2.05, 4.69) is 19.9 Å². The predicted octanol–water partition coefficient (Wildman–Crippen LogP) is 3.52. The molecule has 0 radical (unpaired) electrons. The largest absolute Gasteiger partial charge is 0.379 e. The Hall–Kier alpha value is -0.550.